The first kappa shape index (κ1) is 31.0. The summed E-state index contributed by atoms with van der Waals surface area (Å²) in [5, 5.41) is 0. The Morgan fingerprint density at radius 2 is 1.32 bits per heavy atom. The van der Waals surface area contributed by atoms with Crippen LogP contribution in [0, 0.1) is 6.92 Å². The molecule has 1 heterocycles. The molecule has 0 saturated carbocycles. The summed E-state index contributed by atoms with van der Waals surface area (Å²) in [6, 6.07) is 36.4. The zero-order chi connectivity index (χ0) is 30.7. The van der Waals surface area contributed by atoms with Gasteiger partial charge in [-0.25, -0.2) is 0 Å². The van der Waals surface area contributed by atoms with Crippen LogP contribution in [-0.4, -0.2) is 58.7 Å². The van der Waals surface area contributed by atoms with E-state index in [9.17, 15) is 9.59 Å². The minimum atomic E-state index is -0.626. The lowest BCUT2D eigenvalue weighted by atomic mass is 10.0. The Morgan fingerprint density at radius 1 is 0.727 bits per heavy atom. The highest BCUT2D eigenvalue weighted by Crippen LogP contribution is 2.20. The van der Waals surface area contributed by atoms with Gasteiger partial charge in [0.15, 0.2) is 0 Å². The maximum Gasteiger partial charge on any atom is 0.247 e. The number of aryl methyl sites for hydroxylation is 2. The number of hydrogen-bond acceptors (Lipinski definition) is 3. The molecule has 0 aliphatic carbocycles. The largest absolute Gasteiger partial charge is 0.338 e. The first-order chi connectivity index (χ1) is 21.5. The number of piperazine rings is 1. The molecule has 0 N–H and O–H groups in total. The zero-order valence-corrected chi connectivity index (χ0v) is 25.9. The Bertz CT molecular complexity index is 1510. The van der Waals surface area contributed by atoms with Crippen molar-refractivity contribution in [3.05, 3.63) is 149 Å². The SMILES string of the molecule is CCc1ccc(CN(C(=O)C=Cc2ccc(C)cc2)[C@@H](Cc2ccccc2)C(=O)N2CCN(Cc3ccccc3)CC2)cc1. The Kier molecular flexibility index (Phi) is 10.8. The van der Waals surface area contributed by atoms with Gasteiger partial charge in [0, 0.05) is 51.8 Å². The second-order valence-electron chi connectivity index (χ2n) is 11.7. The molecule has 5 rings (SSSR count). The quantitative estimate of drug-likeness (QED) is 0.187. The standard InChI is InChI=1S/C39H43N3O2/c1-3-32-18-20-36(21-19-32)30-42(38(43)23-22-33-16-14-31(2)15-17-33)37(28-34-10-6-4-7-11-34)39(44)41-26-24-40(25-27-41)29-35-12-8-5-9-13-35/h4-23,37H,3,24-30H2,1-2H3/t37-/m0/s1. The maximum absolute atomic E-state index is 14.4. The molecule has 1 fully saturated rings. The molecule has 1 saturated heterocycles. The summed E-state index contributed by atoms with van der Waals surface area (Å²) in [6.07, 6.45) is 4.88. The lowest BCUT2D eigenvalue weighted by Gasteiger charge is -2.39. The Morgan fingerprint density at radius 3 is 1.93 bits per heavy atom. The summed E-state index contributed by atoms with van der Waals surface area (Å²) in [7, 11) is 0. The van der Waals surface area contributed by atoms with Crippen LogP contribution in [0.15, 0.2) is 115 Å². The van der Waals surface area contributed by atoms with Gasteiger partial charge in [0.05, 0.1) is 0 Å². The van der Waals surface area contributed by atoms with Crippen molar-refractivity contribution in [1.29, 1.82) is 0 Å². The van der Waals surface area contributed by atoms with Crippen molar-refractivity contribution in [2.75, 3.05) is 26.2 Å². The molecule has 0 bridgehead atoms. The van der Waals surface area contributed by atoms with E-state index >= 15 is 0 Å². The molecule has 4 aromatic rings. The maximum atomic E-state index is 14.4. The van der Waals surface area contributed by atoms with Gasteiger partial charge >= 0.3 is 0 Å². The highest BCUT2D eigenvalue weighted by atomic mass is 16.2. The number of rotatable bonds is 11. The van der Waals surface area contributed by atoms with Crippen molar-refractivity contribution in [3.63, 3.8) is 0 Å². The second-order valence-corrected chi connectivity index (χ2v) is 11.7. The van der Waals surface area contributed by atoms with Crippen LogP contribution in [0.3, 0.4) is 0 Å². The predicted octanol–water partition coefficient (Wildman–Crippen LogP) is 6.56. The normalized spacial score (nSPS) is 14.5. The minimum Gasteiger partial charge on any atom is -0.338 e. The van der Waals surface area contributed by atoms with E-state index in [-0.39, 0.29) is 11.8 Å². The van der Waals surface area contributed by atoms with Crippen LogP contribution >= 0.6 is 0 Å². The fourth-order valence-electron chi connectivity index (χ4n) is 5.71. The number of carbonyl (C=O) groups excluding carboxylic acids is 2. The third kappa shape index (κ3) is 8.55. The van der Waals surface area contributed by atoms with Gasteiger partial charge in [0.2, 0.25) is 11.8 Å². The molecule has 0 radical (unpaired) electrons. The number of amides is 2. The summed E-state index contributed by atoms with van der Waals surface area (Å²) < 4.78 is 0. The van der Waals surface area contributed by atoms with E-state index in [1.54, 1.807) is 11.0 Å². The number of carbonyl (C=O) groups is 2. The van der Waals surface area contributed by atoms with E-state index in [0.717, 1.165) is 42.7 Å². The number of nitrogens with zero attached hydrogens (tertiary/aromatic N) is 3. The molecular formula is C39H43N3O2. The number of hydrogen-bond donors (Lipinski definition) is 0. The van der Waals surface area contributed by atoms with Gasteiger partial charge in [-0.15, -0.1) is 0 Å². The molecule has 226 valence electrons. The van der Waals surface area contributed by atoms with Crippen LogP contribution < -0.4 is 0 Å². The molecule has 4 aromatic carbocycles. The van der Waals surface area contributed by atoms with Gasteiger partial charge in [-0.1, -0.05) is 122 Å². The molecule has 1 aliphatic rings. The van der Waals surface area contributed by atoms with Crippen molar-refractivity contribution in [2.24, 2.45) is 0 Å². The monoisotopic (exact) mass is 585 g/mol. The van der Waals surface area contributed by atoms with E-state index in [1.807, 2.05) is 78.6 Å². The summed E-state index contributed by atoms with van der Waals surface area (Å²) in [6.45, 7) is 8.31. The van der Waals surface area contributed by atoms with Gasteiger partial charge in [0.25, 0.3) is 0 Å². The lowest BCUT2D eigenvalue weighted by molar-refractivity contribution is -0.145. The van der Waals surface area contributed by atoms with E-state index in [4.69, 9.17) is 0 Å². The van der Waals surface area contributed by atoms with E-state index in [1.165, 1.54) is 16.7 Å². The fraction of sp³-hybridized carbons (Fsp3) is 0.282. The third-order valence-electron chi connectivity index (χ3n) is 8.43. The summed E-state index contributed by atoms with van der Waals surface area (Å²) >= 11 is 0. The average molecular weight is 586 g/mol. The van der Waals surface area contributed by atoms with Crippen LogP contribution in [0.1, 0.15) is 40.3 Å². The van der Waals surface area contributed by atoms with E-state index in [0.29, 0.717) is 26.1 Å². The predicted molar refractivity (Wildman–Crippen MR) is 179 cm³/mol. The molecule has 2 amide bonds. The number of benzene rings is 4. The van der Waals surface area contributed by atoms with Gasteiger partial charge in [-0.3, -0.25) is 14.5 Å². The second kappa shape index (κ2) is 15.3. The van der Waals surface area contributed by atoms with Gasteiger partial charge in [0.1, 0.15) is 6.04 Å². The Hall–Kier alpha value is -4.48. The molecule has 1 aliphatic heterocycles. The van der Waals surface area contributed by atoms with E-state index < -0.39 is 6.04 Å². The lowest BCUT2D eigenvalue weighted by Crippen LogP contribution is -2.56. The van der Waals surface area contributed by atoms with Crippen molar-refractivity contribution in [2.45, 2.75) is 45.8 Å². The minimum absolute atomic E-state index is 0.00970. The molecule has 0 unspecified atom stereocenters. The molecular weight excluding hydrogens is 542 g/mol. The summed E-state index contributed by atoms with van der Waals surface area (Å²) in [5.74, 6) is -0.155. The van der Waals surface area contributed by atoms with Crippen LogP contribution in [0.25, 0.3) is 6.08 Å². The van der Waals surface area contributed by atoms with Gasteiger partial charge < -0.3 is 9.80 Å². The van der Waals surface area contributed by atoms with Crippen molar-refractivity contribution in [1.82, 2.24) is 14.7 Å². The molecule has 5 heteroatoms. The topological polar surface area (TPSA) is 43.9 Å². The van der Waals surface area contributed by atoms with Crippen LogP contribution in [0.4, 0.5) is 0 Å². The fourth-order valence-corrected chi connectivity index (χ4v) is 5.71. The van der Waals surface area contributed by atoms with Crippen molar-refractivity contribution >= 4 is 17.9 Å². The highest BCUT2D eigenvalue weighted by molar-refractivity contribution is 5.95. The highest BCUT2D eigenvalue weighted by Gasteiger charge is 2.34. The van der Waals surface area contributed by atoms with Gasteiger partial charge in [-0.2, -0.15) is 0 Å². The molecule has 5 nitrogen and oxygen atoms in total. The first-order valence-corrected chi connectivity index (χ1v) is 15.7. The average Bonchev–Trinajstić information content (AvgIpc) is 3.07. The zero-order valence-electron chi connectivity index (χ0n) is 25.9. The van der Waals surface area contributed by atoms with Crippen LogP contribution in [0.5, 0.6) is 0 Å². The third-order valence-corrected chi connectivity index (χ3v) is 8.43. The van der Waals surface area contributed by atoms with Crippen LogP contribution in [-0.2, 0) is 35.5 Å². The van der Waals surface area contributed by atoms with E-state index in [2.05, 4.69) is 60.4 Å². The van der Waals surface area contributed by atoms with Crippen molar-refractivity contribution in [3.8, 4) is 0 Å². The Balaban J connectivity index is 1.40. The molecule has 0 spiro atoms. The van der Waals surface area contributed by atoms with Gasteiger partial charge in [-0.05, 0) is 47.2 Å². The first-order valence-electron chi connectivity index (χ1n) is 15.7. The van der Waals surface area contributed by atoms with Crippen LogP contribution in [0.2, 0.25) is 0 Å². The molecule has 1 atom stereocenters. The smallest absolute Gasteiger partial charge is 0.247 e. The van der Waals surface area contributed by atoms with Crippen molar-refractivity contribution < 1.29 is 9.59 Å². The summed E-state index contributed by atoms with van der Waals surface area (Å²) in [4.78, 5) is 34.6. The molecule has 0 aromatic heterocycles. The molecule has 44 heavy (non-hydrogen) atoms. The summed E-state index contributed by atoms with van der Waals surface area (Å²) in [5.41, 5.74) is 6.70. The Labute approximate surface area is 262 Å².